The zero-order valence-corrected chi connectivity index (χ0v) is 11.1. The SMILES string of the molecule is CC(=CCC(C)c1ccccc1)c1ccccc1. The van der Waals surface area contributed by atoms with Crippen molar-refractivity contribution < 1.29 is 0 Å². The molecule has 92 valence electrons. The van der Waals surface area contributed by atoms with Crippen molar-refractivity contribution >= 4 is 5.57 Å². The van der Waals surface area contributed by atoms with Crippen LogP contribution in [0.2, 0.25) is 0 Å². The highest BCUT2D eigenvalue weighted by atomic mass is 14.1. The number of rotatable bonds is 4. The van der Waals surface area contributed by atoms with E-state index >= 15 is 0 Å². The minimum atomic E-state index is 0.574. The number of benzene rings is 2. The Kier molecular flexibility index (Phi) is 4.35. The second kappa shape index (κ2) is 6.20. The summed E-state index contributed by atoms with van der Waals surface area (Å²) in [5.74, 6) is 0.574. The minimum Gasteiger partial charge on any atom is -0.0804 e. The molecule has 2 aromatic rings. The van der Waals surface area contributed by atoms with Crippen molar-refractivity contribution in [2.24, 2.45) is 0 Å². The van der Waals surface area contributed by atoms with Crippen LogP contribution in [0.1, 0.15) is 37.3 Å². The molecular formula is C18H20. The molecule has 0 amide bonds. The zero-order chi connectivity index (χ0) is 12.8. The van der Waals surface area contributed by atoms with Gasteiger partial charge in [0.25, 0.3) is 0 Å². The Labute approximate surface area is 110 Å². The molecule has 0 spiro atoms. The van der Waals surface area contributed by atoms with E-state index in [4.69, 9.17) is 0 Å². The van der Waals surface area contributed by atoms with Gasteiger partial charge in [-0.15, -0.1) is 0 Å². The summed E-state index contributed by atoms with van der Waals surface area (Å²) in [4.78, 5) is 0. The second-order valence-electron chi connectivity index (χ2n) is 4.80. The van der Waals surface area contributed by atoms with Crippen LogP contribution in [0, 0.1) is 0 Å². The van der Waals surface area contributed by atoms with Crippen molar-refractivity contribution in [1.29, 1.82) is 0 Å². The van der Waals surface area contributed by atoms with E-state index in [2.05, 4.69) is 80.6 Å². The Morgan fingerprint density at radius 1 is 0.944 bits per heavy atom. The molecule has 1 unspecified atom stereocenters. The molecule has 0 saturated carbocycles. The topological polar surface area (TPSA) is 0 Å². The molecule has 0 saturated heterocycles. The van der Waals surface area contributed by atoms with Gasteiger partial charge in [-0.3, -0.25) is 0 Å². The molecule has 0 heterocycles. The van der Waals surface area contributed by atoms with Gasteiger partial charge >= 0.3 is 0 Å². The fraction of sp³-hybridized carbons (Fsp3) is 0.222. The van der Waals surface area contributed by atoms with Gasteiger partial charge in [-0.2, -0.15) is 0 Å². The summed E-state index contributed by atoms with van der Waals surface area (Å²) >= 11 is 0. The van der Waals surface area contributed by atoms with E-state index in [0.29, 0.717) is 5.92 Å². The fourth-order valence-electron chi connectivity index (χ4n) is 2.09. The molecule has 0 radical (unpaired) electrons. The second-order valence-corrected chi connectivity index (χ2v) is 4.80. The summed E-state index contributed by atoms with van der Waals surface area (Å²) < 4.78 is 0. The minimum absolute atomic E-state index is 0.574. The van der Waals surface area contributed by atoms with Crippen LogP contribution in [0.5, 0.6) is 0 Å². The van der Waals surface area contributed by atoms with E-state index in [-0.39, 0.29) is 0 Å². The fourth-order valence-corrected chi connectivity index (χ4v) is 2.09. The van der Waals surface area contributed by atoms with Crippen LogP contribution in [0.4, 0.5) is 0 Å². The van der Waals surface area contributed by atoms with Gasteiger partial charge in [0.2, 0.25) is 0 Å². The summed E-state index contributed by atoms with van der Waals surface area (Å²) in [6, 6.07) is 21.3. The molecule has 0 aliphatic heterocycles. The van der Waals surface area contributed by atoms with Gasteiger partial charge in [-0.05, 0) is 36.0 Å². The van der Waals surface area contributed by atoms with E-state index < -0.39 is 0 Å². The lowest BCUT2D eigenvalue weighted by molar-refractivity contribution is 0.781. The molecule has 0 bridgehead atoms. The molecule has 2 aromatic carbocycles. The van der Waals surface area contributed by atoms with E-state index in [1.807, 2.05) is 0 Å². The first-order chi connectivity index (χ1) is 8.77. The summed E-state index contributed by atoms with van der Waals surface area (Å²) in [6.45, 7) is 4.47. The molecule has 0 aliphatic rings. The maximum atomic E-state index is 2.34. The highest BCUT2D eigenvalue weighted by Gasteiger charge is 2.03. The van der Waals surface area contributed by atoms with Gasteiger partial charge in [0.05, 0.1) is 0 Å². The molecule has 0 heteroatoms. The Morgan fingerprint density at radius 3 is 2.11 bits per heavy atom. The predicted molar refractivity (Wildman–Crippen MR) is 79.6 cm³/mol. The predicted octanol–water partition coefficient (Wildman–Crippen LogP) is 5.28. The van der Waals surface area contributed by atoms with Gasteiger partial charge in [0.15, 0.2) is 0 Å². The van der Waals surface area contributed by atoms with Crippen molar-refractivity contribution in [2.45, 2.75) is 26.2 Å². The number of allylic oxidation sites excluding steroid dienone is 2. The van der Waals surface area contributed by atoms with Gasteiger partial charge in [-0.25, -0.2) is 0 Å². The largest absolute Gasteiger partial charge is 0.0804 e. The first kappa shape index (κ1) is 12.6. The van der Waals surface area contributed by atoms with Crippen LogP contribution in [-0.2, 0) is 0 Å². The van der Waals surface area contributed by atoms with Gasteiger partial charge in [0, 0.05) is 0 Å². The monoisotopic (exact) mass is 236 g/mol. The first-order valence-electron chi connectivity index (χ1n) is 6.54. The highest BCUT2D eigenvalue weighted by Crippen LogP contribution is 2.22. The van der Waals surface area contributed by atoms with Crippen LogP contribution in [0.15, 0.2) is 66.7 Å². The lowest BCUT2D eigenvalue weighted by atomic mass is 9.96. The normalized spacial score (nSPS) is 13.3. The Hall–Kier alpha value is -1.82. The third-order valence-electron chi connectivity index (χ3n) is 3.38. The molecule has 0 aliphatic carbocycles. The van der Waals surface area contributed by atoms with Gasteiger partial charge in [-0.1, -0.05) is 73.7 Å². The molecule has 0 fully saturated rings. The van der Waals surface area contributed by atoms with Gasteiger partial charge < -0.3 is 0 Å². The van der Waals surface area contributed by atoms with Crippen molar-refractivity contribution in [2.75, 3.05) is 0 Å². The molecule has 2 rings (SSSR count). The average Bonchev–Trinajstić information content (AvgIpc) is 2.46. The van der Waals surface area contributed by atoms with E-state index in [0.717, 1.165) is 6.42 Å². The highest BCUT2D eigenvalue weighted by molar-refractivity contribution is 5.63. The number of hydrogen-bond acceptors (Lipinski definition) is 0. The van der Waals surface area contributed by atoms with Crippen molar-refractivity contribution in [3.63, 3.8) is 0 Å². The maximum Gasteiger partial charge on any atom is -0.0156 e. The van der Waals surface area contributed by atoms with Crippen LogP contribution >= 0.6 is 0 Å². The van der Waals surface area contributed by atoms with Crippen LogP contribution < -0.4 is 0 Å². The van der Waals surface area contributed by atoms with Crippen molar-refractivity contribution in [3.8, 4) is 0 Å². The van der Waals surface area contributed by atoms with Gasteiger partial charge in [0.1, 0.15) is 0 Å². The molecular weight excluding hydrogens is 216 g/mol. The Morgan fingerprint density at radius 2 is 1.50 bits per heavy atom. The number of hydrogen-bond donors (Lipinski definition) is 0. The smallest absolute Gasteiger partial charge is 0.0156 e. The third-order valence-corrected chi connectivity index (χ3v) is 3.38. The summed E-state index contributed by atoms with van der Waals surface area (Å²) in [7, 11) is 0. The molecule has 0 nitrogen and oxygen atoms in total. The Balaban J connectivity index is 2.03. The summed E-state index contributed by atoms with van der Waals surface area (Å²) in [6.07, 6.45) is 3.43. The summed E-state index contributed by atoms with van der Waals surface area (Å²) in [5.41, 5.74) is 4.09. The lowest BCUT2D eigenvalue weighted by Crippen LogP contribution is -1.91. The van der Waals surface area contributed by atoms with E-state index in [9.17, 15) is 0 Å². The van der Waals surface area contributed by atoms with E-state index in [1.54, 1.807) is 0 Å². The zero-order valence-electron chi connectivity index (χ0n) is 11.1. The van der Waals surface area contributed by atoms with Crippen molar-refractivity contribution in [1.82, 2.24) is 0 Å². The maximum absolute atomic E-state index is 2.34. The molecule has 1 atom stereocenters. The first-order valence-corrected chi connectivity index (χ1v) is 6.54. The molecule has 0 N–H and O–H groups in total. The quantitative estimate of drug-likeness (QED) is 0.677. The standard InChI is InChI=1S/C18H20/c1-15(17-9-5-3-6-10-17)13-14-16(2)18-11-7-4-8-12-18/h3-13,16H,14H2,1-2H3. The molecule has 0 aromatic heterocycles. The summed E-state index contributed by atoms with van der Waals surface area (Å²) in [5, 5.41) is 0. The van der Waals surface area contributed by atoms with Crippen LogP contribution in [-0.4, -0.2) is 0 Å². The Bertz CT molecular complexity index is 494. The molecule has 18 heavy (non-hydrogen) atoms. The van der Waals surface area contributed by atoms with Crippen LogP contribution in [0.3, 0.4) is 0 Å². The van der Waals surface area contributed by atoms with Crippen LogP contribution in [0.25, 0.3) is 5.57 Å². The third kappa shape index (κ3) is 3.33. The average molecular weight is 236 g/mol. The van der Waals surface area contributed by atoms with Crippen molar-refractivity contribution in [3.05, 3.63) is 77.9 Å². The lowest BCUT2D eigenvalue weighted by Gasteiger charge is -2.10. The van der Waals surface area contributed by atoms with E-state index in [1.165, 1.54) is 16.7 Å².